The second kappa shape index (κ2) is 9.22. The highest BCUT2D eigenvalue weighted by molar-refractivity contribution is 7.90. The molecule has 0 spiro atoms. The first-order valence-electron chi connectivity index (χ1n) is 10.4. The molecule has 170 valence electrons. The number of rotatable bonds is 7. The molecular formula is C23H25NO7S. The Morgan fingerprint density at radius 1 is 1.09 bits per heavy atom. The van der Waals surface area contributed by atoms with E-state index in [1.54, 1.807) is 37.3 Å². The van der Waals surface area contributed by atoms with Crippen LogP contribution in [-0.4, -0.2) is 51.6 Å². The number of aromatic amines is 1. The van der Waals surface area contributed by atoms with Gasteiger partial charge in [-0.1, -0.05) is 0 Å². The molecular weight excluding hydrogens is 434 g/mol. The monoisotopic (exact) mass is 459 g/mol. The molecule has 2 heterocycles. The number of esters is 1. The van der Waals surface area contributed by atoms with Crippen LogP contribution in [-0.2, 0) is 19.3 Å². The Balaban J connectivity index is 1.67. The van der Waals surface area contributed by atoms with Crippen molar-refractivity contribution in [2.24, 2.45) is 0 Å². The van der Waals surface area contributed by atoms with Gasteiger partial charge in [0.05, 0.1) is 30.2 Å². The maximum absolute atomic E-state index is 12.2. The summed E-state index contributed by atoms with van der Waals surface area (Å²) in [4.78, 5) is 15.5. The molecule has 1 fully saturated rings. The standard InChI is InChI=1S/C23H25NO7S/c1-3-29-23(25)20-13-15-12-18(30-16-4-6-19(7-5-16)32(2,26)27)14-21(22(15)24-20)31-17-8-10-28-11-9-17/h4-7,12-14,17,24H,3,8-11H2,1-2H3. The van der Waals surface area contributed by atoms with Crippen LogP contribution in [0.1, 0.15) is 30.3 Å². The molecule has 1 aromatic heterocycles. The van der Waals surface area contributed by atoms with Crippen molar-refractivity contribution < 1.29 is 32.2 Å². The van der Waals surface area contributed by atoms with E-state index in [2.05, 4.69) is 4.98 Å². The molecule has 9 heteroatoms. The predicted molar refractivity (Wildman–Crippen MR) is 118 cm³/mol. The van der Waals surface area contributed by atoms with Crippen LogP contribution in [0.2, 0.25) is 0 Å². The van der Waals surface area contributed by atoms with E-state index < -0.39 is 15.8 Å². The number of benzene rings is 2. The fraction of sp³-hybridized carbons (Fsp3) is 0.348. The summed E-state index contributed by atoms with van der Waals surface area (Å²) in [5.74, 6) is 1.10. The van der Waals surface area contributed by atoms with Crippen LogP contribution in [0.3, 0.4) is 0 Å². The molecule has 0 bridgehead atoms. The number of ether oxygens (including phenoxy) is 4. The second-order valence-electron chi connectivity index (χ2n) is 7.56. The van der Waals surface area contributed by atoms with Gasteiger partial charge in [-0.2, -0.15) is 0 Å². The van der Waals surface area contributed by atoms with Crippen molar-refractivity contribution in [2.75, 3.05) is 26.1 Å². The van der Waals surface area contributed by atoms with Crippen molar-refractivity contribution in [3.8, 4) is 17.2 Å². The van der Waals surface area contributed by atoms with Gasteiger partial charge in [0.15, 0.2) is 9.84 Å². The molecule has 0 radical (unpaired) electrons. The predicted octanol–water partition coefficient (Wildman–Crippen LogP) is 4.10. The highest BCUT2D eigenvalue weighted by atomic mass is 32.2. The first-order valence-corrected chi connectivity index (χ1v) is 12.3. The molecule has 3 aromatic rings. The molecule has 4 rings (SSSR count). The molecule has 0 atom stereocenters. The largest absolute Gasteiger partial charge is 0.488 e. The van der Waals surface area contributed by atoms with Gasteiger partial charge < -0.3 is 23.9 Å². The van der Waals surface area contributed by atoms with Crippen LogP contribution >= 0.6 is 0 Å². The third-order valence-corrected chi connectivity index (χ3v) is 6.24. The van der Waals surface area contributed by atoms with Gasteiger partial charge in [0, 0.05) is 30.6 Å². The number of nitrogens with one attached hydrogen (secondary N) is 1. The number of aromatic nitrogens is 1. The van der Waals surface area contributed by atoms with Crippen molar-refractivity contribution >= 4 is 26.7 Å². The van der Waals surface area contributed by atoms with Gasteiger partial charge in [0.25, 0.3) is 0 Å². The van der Waals surface area contributed by atoms with Crippen molar-refractivity contribution in [1.82, 2.24) is 4.98 Å². The molecule has 0 saturated carbocycles. The smallest absolute Gasteiger partial charge is 0.354 e. The summed E-state index contributed by atoms with van der Waals surface area (Å²) in [5, 5.41) is 0.736. The van der Waals surface area contributed by atoms with Gasteiger partial charge >= 0.3 is 5.97 Å². The molecule has 0 aliphatic carbocycles. The summed E-state index contributed by atoms with van der Waals surface area (Å²) < 4.78 is 46.1. The molecule has 0 amide bonds. The Hall–Kier alpha value is -3.04. The first kappa shape index (κ1) is 22.2. The van der Waals surface area contributed by atoms with Crippen molar-refractivity contribution in [3.05, 3.63) is 48.2 Å². The lowest BCUT2D eigenvalue weighted by Gasteiger charge is -2.24. The summed E-state index contributed by atoms with van der Waals surface area (Å²) >= 11 is 0. The third kappa shape index (κ3) is 5.05. The number of sulfone groups is 1. The minimum Gasteiger partial charge on any atom is -0.488 e. The van der Waals surface area contributed by atoms with E-state index in [1.165, 1.54) is 12.1 Å². The van der Waals surface area contributed by atoms with Crippen LogP contribution in [0.25, 0.3) is 10.9 Å². The third-order valence-electron chi connectivity index (χ3n) is 5.11. The van der Waals surface area contributed by atoms with E-state index >= 15 is 0 Å². The van der Waals surface area contributed by atoms with Crippen molar-refractivity contribution in [2.45, 2.75) is 30.8 Å². The van der Waals surface area contributed by atoms with Crippen LogP contribution < -0.4 is 9.47 Å². The van der Waals surface area contributed by atoms with Crippen molar-refractivity contribution in [3.63, 3.8) is 0 Å². The van der Waals surface area contributed by atoms with E-state index in [9.17, 15) is 13.2 Å². The average Bonchev–Trinajstić information content (AvgIpc) is 3.19. The summed E-state index contributed by atoms with van der Waals surface area (Å²) in [6.07, 6.45) is 2.69. The Morgan fingerprint density at radius 2 is 1.81 bits per heavy atom. The highest BCUT2D eigenvalue weighted by Crippen LogP contribution is 2.35. The Labute approximate surface area is 186 Å². The normalized spacial score (nSPS) is 14.9. The van der Waals surface area contributed by atoms with Gasteiger partial charge in [-0.15, -0.1) is 0 Å². The van der Waals surface area contributed by atoms with Gasteiger partial charge in [0.2, 0.25) is 0 Å². The second-order valence-corrected chi connectivity index (χ2v) is 9.58. The number of hydrogen-bond acceptors (Lipinski definition) is 7. The topological polar surface area (TPSA) is 104 Å². The van der Waals surface area contributed by atoms with Crippen LogP contribution in [0.4, 0.5) is 0 Å². The quantitative estimate of drug-likeness (QED) is 0.531. The number of carbonyl (C=O) groups excluding carboxylic acids is 1. The number of carbonyl (C=O) groups is 1. The maximum atomic E-state index is 12.2. The average molecular weight is 460 g/mol. The summed E-state index contributed by atoms with van der Waals surface area (Å²) in [7, 11) is -3.29. The molecule has 32 heavy (non-hydrogen) atoms. The molecule has 1 saturated heterocycles. The molecule has 2 aromatic carbocycles. The summed E-state index contributed by atoms with van der Waals surface area (Å²) in [6, 6.07) is 11.4. The summed E-state index contributed by atoms with van der Waals surface area (Å²) in [5.41, 5.74) is 1.01. The van der Waals surface area contributed by atoms with Crippen molar-refractivity contribution in [1.29, 1.82) is 0 Å². The SMILES string of the molecule is CCOC(=O)c1cc2cc(Oc3ccc(S(C)(=O)=O)cc3)cc(OC3CCOCC3)c2[nH]1. The first-order chi connectivity index (χ1) is 15.3. The lowest BCUT2D eigenvalue weighted by atomic mass is 10.1. The van der Waals surface area contributed by atoms with Gasteiger partial charge in [-0.05, 0) is 43.3 Å². The molecule has 1 aliphatic heterocycles. The number of fused-ring (bicyclic) bond motifs is 1. The van der Waals surface area contributed by atoms with E-state index in [-0.39, 0.29) is 17.6 Å². The zero-order valence-electron chi connectivity index (χ0n) is 17.9. The molecule has 8 nitrogen and oxygen atoms in total. The molecule has 1 aliphatic rings. The van der Waals surface area contributed by atoms with E-state index in [0.717, 1.165) is 24.5 Å². The van der Waals surface area contributed by atoms with E-state index in [0.29, 0.717) is 41.7 Å². The molecule has 0 unspecified atom stereocenters. The van der Waals surface area contributed by atoms with Crippen LogP contribution in [0.15, 0.2) is 47.4 Å². The summed E-state index contributed by atoms with van der Waals surface area (Å²) in [6.45, 7) is 3.30. The fourth-order valence-electron chi connectivity index (χ4n) is 3.52. The zero-order valence-corrected chi connectivity index (χ0v) is 18.7. The molecule has 1 N–H and O–H groups in total. The van der Waals surface area contributed by atoms with E-state index in [4.69, 9.17) is 18.9 Å². The maximum Gasteiger partial charge on any atom is 0.354 e. The Bertz CT molecular complexity index is 1210. The number of hydrogen-bond donors (Lipinski definition) is 1. The van der Waals surface area contributed by atoms with Gasteiger partial charge in [-0.3, -0.25) is 0 Å². The van der Waals surface area contributed by atoms with Gasteiger partial charge in [-0.25, -0.2) is 13.2 Å². The lowest BCUT2D eigenvalue weighted by molar-refractivity contribution is 0.0260. The van der Waals surface area contributed by atoms with Crippen LogP contribution in [0, 0.1) is 0 Å². The fourth-order valence-corrected chi connectivity index (χ4v) is 4.15. The Kier molecular flexibility index (Phi) is 6.38. The highest BCUT2D eigenvalue weighted by Gasteiger charge is 2.20. The minimum absolute atomic E-state index is 0.00872. The number of H-pyrrole nitrogens is 1. The van der Waals surface area contributed by atoms with E-state index in [1.807, 2.05) is 0 Å². The van der Waals surface area contributed by atoms with Gasteiger partial charge in [0.1, 0.15) is 29.0 Å². The van der Waals surface area contributed by atoms with Crippen LogP contribution in [0.5, 0.6) is 17.2 Å². The lowest BCUT2D eigenvalue weighted by Crippen LogP contribution is -2.25. The Morgan fingerprint density at radius 3 is 2.47 bits per heavy atom. The minimum atomic E-state index is -3.29. The zero-order chi connectivity index (χ0) is 22.7.